The van der Waals surface area contributed by atoms with Gasteiger partial charge in [0.05, 0.1) is 37.1 Å². The van der Waals surface area contributed by atoms with Gasteiger partial charge in [-0.25, -0.2) is 4.98 Å². The van der Waals surface area contributed by atoms with E-state index < -0.39 is 0 Å². The maximum absolute atomic E-state index is 12.4. The number of carbonyl (C=O) groups excluding carboxylic acids is 1. The Morgan fingerprint density at radius 1 is 1.13 bits per heavy atom. The number of amides is 1. The summed E-state index contributed by atoms with van der Waals surface area (Å²) in [5, 5.41) is 2.97. The number of benzene rings is 2. The van der Waals surface area contributed by atoms with Gasteiger partial charge in [-0.05, 0) is 49.7 Å². The van der Waals surface area contributed by atoms with E-state index in [2.05, 4.69) is 9.88 Å². The molecule has 0 aliphatic carbocycles. The maximum atomic E-state index is 12.4. The van der Waals surface area contributed by atoms with Crippen molar-refractivity contribution in [2.24, 2.45) is 0 Å². The van der Waals surface area contributed by atoms with Crippen molar-refractivity contribution in [2.45, 2.75) is 25.9 Å². The number of nitrogens with one attached hydrogen (secondary N) is 1. The zero-order valence-corrected chi connectivity index (χ0v) is 17.6. The summed E-state index contributed by atoms with van der Waals surface area (Å²) in [6.45, 7) is 3.18. The van der Waals surface area contributed by atoms with Gasteiger partial charge in [-0.3, -0.25) is 4.79 Å². The van der Waals surface area contributed by atoms with Crippen LogP contribution in [0.25, 0.3) is 11.0 Å². The van der Waals surface area contributed by atoms with E-state index in [9.17, 15) is 4.79 Å². The first-order chi connectivity index (χ1) is 15.2. The molecule has 0 radical (unpaired) electrons. The highest BCUT2D eigenvalue weighted by Gasteiger charge is 2.20. The summed E-state index contributed by atoms with van der Waals surface area (Å²) in [7, 11) is 1.64. The molecule has 1 amide bonds. The number of methoxy groups -OCH3 is 1. The fraction of sp³-hybridized carbons (Fsp3) is 0.250. The van der Waals surface area contributed by atoms with E-state index in [-0.39, 0.29) is 17.7 Å². The minimum atomic E-state index is -0.288. The van der Waals surface area contributed by atoms with Gasteiger partial charge in [-0.1, -0.05) is 18.2 Å². The predicted molar refractivity (Wildman–Crippen MR) is 117 cm³/mol. The summed E-state index contributed by atoms with van der Waals surface area (Å²) in [6, 6.07) is 18.6. The lowest BCUT2D eigenvalue weighted by atomic mass is 10.2. The molecule has 4 aromatic rings. The van der Waals surface area contributed by atoms with Crippen LogP contribution in [-0.4, -0.2) is 29.2 Å². The highest BCUT2D eigenvalue weighted by Crippen LogP contribution is 2.22. The number of ether oxygens (including phenoxy) is 2. The van der Waals surface area contributed by atoms with E-state index >= 15 is 0 Å². The average molecular weight is 419 g/mol. The van der Waals surface area contributed by atoms with Crippen molar-refractivity contribution in [1.29, 1.82) is 0 Å². The number of hydrogen-bond donors (Lipinski definition) is 1. The van der Waals surface area contributed by atoms with Crippen LogP contribution in [-0.2, 0) is 6.54 Å². The largest absolute Gasteiger partial charge is 0.497 e. The van der Waals surface area contributed by atoms with E-state index in [1.807, 2.05) is 55.5 Å². The molecule has 4 rings (SSSR count). The number of aromatic nitrogens is 2. The van der Waals surface area contributed by atoms with Crippen LogP contribution in [0.4, 0.5) is 0 Å². The van der Waals surface area contributed by atoms with Crippen molar-refractivity contribution in [2.75, 3.05) is 13.7 Å². The number of fused-ring (bicyclic) bond motifs is 1. The third-order valence-corrected chi connectivity index (χ3v) is 5.00. The molecule has 2 aromatic carbocycles. The Balaban J connectivity index is 1.46. The van der Waals surface area contributed by atoms with Crippen molar-refractivity contribution in [1.82, 2.24) is 14.9 Å². The molecule has 0 bridgehead atoms. The smallest absolute Gasteiger partial charge is 0.287 e. The van der Waals surface area contributed by atoms with Crippen LogP contribution in [0.3, 0.4) is 0 Å². The van der Waals surface area contributed by atoms with E-state index in [4.69, 9.17) is 18.9 Å². The van der Waals surface area contributed by atoms with Crippen LogP contribution in [0, 0.1) is 0 Å². The standard InChI is InChI=1S/C24H25N3O4/c1-17(25-24(28)22-12-6-14-31-22)23-26-20-10-3-4-11-21(20)27(23)13-7-15-30-19-9-5-8-18(16-19)29-2/h3-6,8-12,14,16-17H,7,13,15H2,1-2H3,(H,25,28)/t17-/m1/s1. The molecule has 0 saturated carbocycles. The van der Waals surface area contributed by atoms with E-state index in [1.165, 1.54) is 6.26 Å². The molecular formula is C24H25N3O4. The van der Waals surface area contributed by atoms with Gasteiger partial charge in [0.1, 0.15) is 17.3 Å². The SMILES string of the molecule is COc1cccc(OCCCn2c([C@@H](C)NC(=O)c3ccco3)nc3ccccc32)c1. The highest BCUT2D eigenvalue weighted by molar-refractivity contribution is 5.91. The predicted octanol–water partition coefficient (Wildman–Crippen LogP) is 4.60. The second-order valence-corrected chi connectivity index (χ2v) is 7.16. The topological polar surface area (TPSA) is 78.5 Å². The Hall–Kier alpha value is -3.74. The average Bonchev–Trinajstić information content (AvgIpc) is 3.45. The van der Waals surface area contributed by atoms with Gasteiger partial charge in [0.15, 0.2) is 5.76 Å². The van der Waals surface area contributed by atoms with Crippen molar-refractivity contribution >= 4 is 16.9 Å². The Kier molecular flexibility index (Phi) is 6.21. The molecule has 0 fully saturated rings. The molecule has 7 nitrogen and oxygen atoms in total. The van der Waals surface area contributed by atoms with Gasteiger partial charge in [0, 0.05) is 12.6 Å². The Morgan fingerprint density at radius 2 is 1.97 bits per heavy atom. The van der Waals surface area contributed by atoms with Crippen molar-refractivity contribution in [3.8, 4) is 11.5 Å². The summed E-state index contributed by atoms with van der Waals surface area (Å²) in [5.41, 5.74) is 1.92. The Bertz CT molecular complexity index is 1150. The summed E-state index contributed by atoms with van der Waals surface area (Å²) >= 11 is 0. The second kappa shape index (κ2) is 9.38. The summed E-state index contributed by atoms with van der Waals surface area (Å²) < 4.78 is 18.4. The molecule has 7 heteroatoms. The third kappa shape index (κ3) is 4.71. The van der Waals surface area contributed by atoms with Crippen molar-refractivity contribution in [3.63, 3.8) is 0 Å². The van der Waals surface area contributed by atoms with Gasteiger partial charge in [0.25, 0.3) is 5.91 Å². The minimum Gasteiger partial charge on any atom is -0.497 e. The zero-order chi connectivity index (χ0) is 21.6. The van der Waals surface area contributed by atoms with Gasteiger partial charge in [0.2, 0.25) is 0 Å². The van der Waals surface area contributed by atoms with Crippen molar-refractivity contribution < 1.29 is 18.7 Å². The van der Waals surface area contributed by atoms with Crippen LogP contribution in [0.1, 0.15) is 35.8 Å². The second-order valence-electron chi connectivity index (χ2n) is 7.16. The molecule has 31 heavy (non-hydrogen) atoms. The van der Waals surface area contributed by atoms with E-state index in [0.29, 0.717) is 13.2 Å². The number of para-hydroxylation sites is 2. The number of carbonyl (C=O) groups is 1. The molecule has 2 heterocycles. The van der Waals surface area contributed by atoms with Crippen LogP contribution in [0.2, 0.25) is 0 Å². The molecule has 0 aliphatic rings. The quantitative estimate of drug-likeness (QED) is 0.401. The summed E-state index contributed by atoms with van der Waals surface area (Å²) in [6.07, 6.45) is 2.26. The van der Waals surface area contributed by atoms with Crippen LogP contribution in [0.15, 0.2) is 71.3 Å². The first-order valence-electron chi connectivity index (χ1n) is 10.2. The molecule has 2 aromatic heterocycles. The van der Waals surface area contributed by atoms with Crippen molar-refractivity contribution in [3.05, 3.63) is 78.5 Å². The normalized spacial score (nSPS) is 11.9. The molecule has 160 valence electrons. The van der Waals surface area contributed by atoms with Crippen LogP contribution >= 0.6 is 0 Å². The van der Waals surface area contributed by atoms with Gasteiger partial charge in [-0.2, -0.15) is 0 Å². The summed E-state index contributed by atoms with van der Waals surface area (Å²) in [5.74, 6) is 2.34. The first kappa shape index (κ1) is 20.5. The van der Waals surface area contributed by atoms with E-state index in [1.54, 1.807) is 19.2 Å². The van der Waals surface area contributed by atoms with Crippen LogP contribution in [0.5, 0.6) is 11.5 Å². The molecular weight excluding hydrogens is 394 g/mol. The minimum absolute atomic E-state index is 0.266. The number of hydrogen-bond acceptors (Lipinski definition) is 5. The van der Waals surface area contributed by atoms with Gasteiger partial charge < -0.3 is 23.8 Å². The number of furan rings is 1. The lowest BCUT2D eigenvalue weighted by Crippen LogP contribution is -2.28. The van der Waals surface area contributed by atoms with Gasteiger partial charge in [-0.15, -0.1) is 0 Å². The van der Waals surface area contributed by atoms with E-state index in [0.717, 1.165) is 34.8 Å². The molecule has 1 atom stereocenters. The van der Waals surface area contributed by atoms with Crippen LogP contribution < -0.4 is 14.8 Å². The monoisotopic (exact) mass is 419 g/mol. The Labute approximate surface area is 180 Å². The molecule has 0 spiro atoms. The molecule has 0 unspecified atom stereocenters. The maximum Gasteiger partial charge on any atom is 0.287 e. The number of aryl methyl sites for hydroxylation is 1. The zero-order valence-electron chi connectivity index (χ0n) is 17.6. The van der Waals surface area contributed by atoms with Gasteiger partial charge >= 0.3 is 0 Å². The first-order valence-corrected chi connectivity index (χ1v) is 10.2. The number of rotatable bonds is 9. The molecule has 0 aliphatic heterocycles. The lowest BCUT2D eigenvalue weighted by Gasteiger charge is -2.16. The number of nitrogens with zero attached hydrogens (tertiary/aromatic N) is 2. The molecule has 1 N–H and O–H groups in total. The third-order valence-electron chi connectivity index (χ3n) is 5.00. The highest BCUT2D eigenvalue weighted by atomic mass is 16.5. The number of imidazole rings is 1. The molecule has 0 saturated heterocycles. The summed E-state index contributed by atoms with van der Waals surface area (Å²) in [4.78, 5) is 17.2. The fourth-order valence-electron chi connectivity index (χ4n) is 3.50. The Morgan fingerprint density at radius 3 is 2.77 bits per heavy atom. The lowest BCUT2D eigenvalue weighted by molar-refractivity contribution is 0.0909. The fourth-order valence-corrected chi connectivity index (χ4v) is 3.50.